The Balaban J connectivity index is 1.82. The van der Waals surface area contributed by atoms with Gasteiger partial charge in [0.1, 0.15) is 11.0 Å². The van der Waals surface area contributed by atoms with Crippen molar-refractivity contribution >= 4 is 37.0 Å². The molecule has 36 heavy (non-hydrogen) atoms. The molecule has 0 radical (unpaired) electrons. The normalized spacial score (nSPS) is 23.4. The van der Waals surface area contributed by atoms with E-state index in [1.54, 1.807) is 0 Å². The maximum absolute atomic E-state index is 14.2. The van der Waals surface area contributed by atoms with E-state index >= 15 is 0 Å². The molecule has 2 aliphatic rings. The average molecular weight is 512 g/mol. The van der Waals surface area contributed by atoms with Crippen molar-refractivity contribution in [3.63, 3.8) is 0 Å². The Hall–Kier alpha value is -3.67. The summed E-state index contributed by atoms with van der Waals surface area (Å²) in [5.74, 6) is -0.521. The van der Waals surface area contributed by atoms with Gasteiger partial charge < -0.3 is 0 Å². The number of allylic oxidation sites excluding steroid dienone is 1. The molecule has 1 fully saturated rings. The number of rotatable bonds is 5. The quantitative estimate of drug-likeness (QED) is 0.238. The van der Waals surface area contributed by atoms with Crippen LogP contribution in [0.1, 0.15) is 28.7 Å². The van der Waals surface area contributed by atoms with Crippen LogP contribution in [-0.2, 0) is 25.0 Å². The van der Waals surface area contributed by atoms with Crippen LogP contribution in [0.2, 0.25) is 0 Å². The molecule has 1 aliphatic heterocycles. The van der Waals surface area contributed by atoms with Gasteiger partial charge >= 0.3 is 9.24 Å². The smallest absolute Gasteiger partial charge is 0.273 e. The van der Waals surface area contributed by atoms with Gasteiger partial charge in [-0.05, 0) is 39.8 Å². The zero-order valence-corrected chi connectivity index (χ0v) is 20.8. The second-order valence-corrected chi connectivity index (χ2v) is 11.5. The van der Waals surface area contributed by atoms with Crippen molar-refractivity contribution in [2.45, 2.75) is 17.4 Å². The number of halogens is 1. The molecule has 178 valence electrons. The third-order valence-electron chi connectivity index (χ3n) is 7.44. The largest absolute Gasteiger partial charge is 0.325 e. The standard InChI is InChI=1S/C30H22ClNO3S/c31-36(34,35)32-28(33)29(24-17-9-3-10-18-24)21-26(22-13-5-1-6-14-22)27(23-15-7-2-8-16-23)30(29,32)25-19-11-4-12-20-25/h1-20H,21H2. The number of benzene rings is 4. The minimum absolute atomic E-state index is 0.335. The van der Waals surface area contributed by atoms with Gasteiger partial charge in [0.2, 0.25) is 0 Å². The number of carbonyl (C=O) groups is 1. The van der Waals surface area contributed by atoms with Gasteiger partial charge in [-0.1, -0.05) is 121 Å². The fourth-order valence-electron chi connectivity index (χ4n) is 6.17. The number of carbonyl (C=O) groups excluding carboxylic acids is 1. The van der Waals surface area contributed by atoms with E-state index < -0.39 is 26.1 Å². The van der Waals surface area contributed by atoms with Crippen LogP contribution in [0.15, 0.2) is 121 Å². The molecule has 4 aromatic rings. The van der Waals surface area contributed by atoms with Gasteiger partial charge in [-0.2, -0.15) is 8.42 Å². The van der Waals surface area contributed by atoms with Crippen molar-refractivity contribution in [3.8, 4) is 0 Å². The van der Waals surface area contributed by atoms with Crippen molar-refractivity contribution in [1.82, 2.24) is 4.31 Å². The van der Waals surface area contributed by atoms with Crippen LogP contribution >= 0.6 is 10.7 Å². The summed E-state index contributed by atoms with van der Waals surface area (Å²) in [4.78, 5) is 14.2. The first-order valence-electron chi connectivity index (χ1n) is 11.7. The third-order valence-corrected chi connectivity index (χ3v) is 8.73. The summed E-state index contributed by atoms with van der Waals surface area (Å²) in [7, 11) is 1.64. The number of hydrogen-bond acceptors (Lipinski definition) is 3. The fourth-order valence-corrected chi connectivity index (χ4v) is 7.70. The minimum Gasteiger partial charge on any atom is -0.273 e. The highest BCUT2D eigenvalue weighted by molar-refractivity contribution is 8.12. The van der Waals surface area contributed by atoms with Crippen molar-refractivity contribution in [3.05, 3.63) is 144 Å². The molecular weight excluding hydrogens is 490 g/mol. The molecule has 1 aliphatic carbocycles. The van der Waals surface area contributed by atoms with Gasteiger partial charge in [0.15, 0.2) is 0 Å². The zero-order valence-electron chi connectivity index (χ0n) is 19.2. The number of amides is 1. The molecule has 1 saturated heterocycles. The Morgan fingerprint density at radius 1 is 0.639 bits per heavy atom. The summed E-state index contributed by atoms with van der Waals surface area (Å²) in [6.07, 6.45) is 0.335. The lowest BCUT2D eigenvalue weighted by Crippen LogP contribution is -2.77. The van der Waals surface area contributed by atoms with Gasteiger partial charge in [-0.25, -0.2) is 4.31 Å². The predicted octanol–water partition coefficient (Wildman–Crippen LogP) is 6.16. The van der Waals surface area contributed by atoms with E-state index in [-0.39, 0.29) is 0 Å². The highest BCUT2D eigenvalue weighted by Crippen LogP contribution is 2.72. The Kier molecular flexibility index (Phi) is 5.18. The lowest BCUT2D eigenvalue weighted by molar-refractivity contribution is -0.156. The summed E-state index contributed by atoms with van der Waals surface area (Å²) >= 11 is 0. The van der Waals surface area contributed by atoms with Gasteiger partial charge in [0.05, 0.1) is 0 Å². The van der Waals surface area contributed by atoms with Crippen molar-refractivity contribution in [1.29, 1.82) is 0 Å². The van der Waals surface area contributed by atoms with E-state index in [9.17, 15) is 13.2 Å². The Labute approximate surface area is 215 Å². The van der Waals surface area contributed by atoms with Gasteiger partial charge in [0, 0.05) is 10.7 Å². The number of hydrogen-bond donors (Lipinski definition) is 0. The molecule has 0 saturated carbocycles. The summed E-state index contributed by atoms with van der Waals surface area (Å²) < 4.78 is 27.3. The van der Waals surface area contributed by atoms with Crippen LogP contribution in [0.4, 0.5) is 0 Å². The molecule has 6 rings (SSSR count). The van der Waals surface area contributed by atoms with Crippen molar-refractivity contribution in [2.24, 2.45) is 0 Å². The van der Waals surface area contributed by atoms with Gasteiger partial charge in [-0.3, -0.25) is 4.79 Å². The van der Waals surface area contributed by atoms with Crippen LogP contribution in [0.3, 0.4) is 0 Å². The summed E-state index contributed by atoms with van der Waals surface area (Å²) in [5, 5.41) is 0. The molecule has 0 spiro atoms. The van der Waals surface area contributed by atoms with Crippen molar-refractivity contribution < 1.29 is 13.2 Å². The monoisotopic (exact) mass is 511 g/mol. The van der Waals surface area contributed by atoms with E-state index in [0.29, 0.717) is 12.0 Å². The lowest BCUT2D eigenvalue weighted by atomic mass is 9.54. The first-order chi connectivity index (χ1) is 17.4. The fraction of sp³-hybridized carbons (Fsp3) is 0.100. The van der Waals surface area contributed by atoms with E-state index in [0.717, 1.165) is 32.1 Å². The summed E-state index contributed by atoms with van der Waals surface area (Å²) in [5.41, 5.74) is 2.39. The number of β-lactam (4-membered cyclic amide) rings is 1. The highest BCUT2D eigenvalue weighted by atomic mass is 35.7. The summed E-state index contributed by atoms with van der Waals surface area (Å²) in [6.45, 7) is 0. The maximum atomic E-state index is 14.2. The highest BCUT2D eigenvalue weighted by Gasteiger charge is 2.80. The summed E-state index contributed by atoms with van der Waals surface area (Å²) in [6, 6.07) is 38.4. The van der Waals surface area contributed by atoms with E-state index in [2.05, 4.69) is 0 Å². The second-order valence-electron chi connectivity index (χ2n) is 9.12. The molecule has 2 atom stereocenters. The topological polar surface area (TPSA) is 54.5 Å². The molecule has 4 aromatic carbocycles. The zero-order chi connectivity index (χ0) is 25.0. The first kappa shape index (κ1) is 22.8. The lowest BCUT2D eigenvalue weighted by Gasteiger charge is -2.61. The molecular formula is C30H22ClNO3S. The molecule has 1 amide bonds. The van der Waals surface area contributed by atoms with Gasteiger partial charge in [-0.15, -0.1) is 0 Å². The maximum Gasteiger partial charge on any atom is 0.325 e. The molecule has 0 N–H and O–H groups in total. The molecule has 4 nitrogen and oxygen atoms in total. The van der Waals surface area contributed by atoms with Gasteiger partial charge in [0.25, 0.3) is 5.91 Å². The van der Waals surface area contributed by atoms with Crippen LogP contribution < -0.4 is 0 Å². The molecule has 0 bridgehead atoms. The van der Waals surface area contributed by atoms with Crippen LogP contribution in [0, 0.1) is 0 Å². The van der Waals surface area contributed by atoms with E-state index in [4.69, 9.17) is 10.7 Å². The molecule has 2 unspecified atom stereocenters. The second kappa shape index (κ2) is 8.19. The average Bonchev–Trinajstić information content (AvgIpc) is 3.18. The third kappa shape index (κ3) is 2.93. The van der Waals surface area contributed by atoms with E-state index in [1.807, 2.05) is 121 Å². The Bertz CT molecular complexity index is 1590. The predicted molar refractivity (Wildman–Crippen MR) is 142 cm³/mol. The molecule has 0 aromatic heterocycles. The van der Waals surface area contributed by atoms with Crippen LogP contribution in [-0.4, -0.2) is 18.6 Å². The number of nitrogens with zero attached hydrogens (tertiary/aromatic N) is 1. The minimum atomic E-state index is -4.45. The van der Waals surface area contributed by atoms with Crippen molar-refractivity contribution in [2.75, 3.05) is 0 Å². The van der Waals surface area contributed by atoms with Crippen LogP contribution in [0.5, 0.6) is 0 Å². The Morgan fingerprint density at radius 3 is 1.58 bits per heavy atom. The SMILES string of the molecule is O=C1N(S(=O)(=O)Cl)C2(c3ccccc3)C(c3ccccc3)=C(c3ccccc3)CC12c1ccccc1. The Morgan fingerprint density at radius 2 is 1.08 bits per heavy atom. The van der Waals surface area contributed by atoms with E-state index in [1.165, 1.54) is 0 Å². The van der Waals surface area contributed by atoms with Crippen LogP contribution in [0.25, 0.3) is 11.1 Å². The molecule has 1 heterocycles. The molecule has 6 heteroatoms. The first-order valence-corrected chi connectivity index (χ1v) is 13.9. The number of fused-ring (bicyclic) bond motifs is 1.